The summed E-state index contributed by atoms with van der Waals surface area (Å²) in [5.74, 6) is -2.29. The molecular formula is C13H13BrFNO4S. The van der Waals surface area contributed by atoms with E-state index in [4.69, 9.17) is 0 Å². The molecule has 1 aromatic rings. The molecule has 21 heavy (non-hydrogen) atoms. The van der Waals surface area contributed by atoms with Gasteiger partial charge in [0, 0.05) is 16.6 Å². The van der Waals surface area contributed by atoms with Crippen LogP contribution in [0, 0.1) is 11.7 Å². The number of hydrogen-bond donors (Lipinski definition) is 1. The average Bonchev–Trinajstić information content (AvgIpc) is 2.99. The molecule has 0 saturated carbocycles. The minimum atomic E-state index is -3.91. The lowest BCUT2D eigenvalue weighted by atomic mass is 9.89. The van der Waals surface area contributed by atoms with Crippen molar-refractivity contribution in [3.63, 3.8) is 0 Å². The second-order valence-corrected chi connectivity index (χ2v) is 8.05. The van der Waals surface area contributed by atoms with Gasteiger partial charge in [-0.25, -0.2) is 12.8 Å². The van der Waals surface area contributed by atoms with Gasteiger partial charge in [0.25, 0.3) is 0 Å². The van der Waals surface area contributed by atoms with Gasteiger partial charge >= 0.3 is 5.97 Å². The summed E-state index contributed by atoms with van der Waals surface area (Å²) in [7, 11) is -3.91. The Labute approximate surface area is 129 Å². The molecule has 0 aliphatic carbocycles. The van der Waals surface area contributed by atoms with Crippen molar-refractivity contribution < 1.29 is 22.7 Å². The molecule has 3 atom stereocenters. The molecular weight excluding hydrogens is 365 g/mol. The van der Waals surface area contributed by atoms with Crippen molar-refractivity contribution >= 4 is 31.9 Å². The topological polar surface area (TPSA) is 74.7 Å². The fourth-order valence-corrected chi connectivity index (χ4v) is 6.22. The molecule has 2 heterocycles. The molecule has 2 fully saturated rings. The summed E-state index contributed by atoms with van der Waals surface area (Å²) < 4.78 is 40.5. The number of hydrogen-bond acceptors (Lipinski definition) is 3. The third kappa shape index (κ3) is 2.29. The molecule has 0 spiro atoms. The van der Waals surface area contributed by atoms with Crippen LogP contribution < -0.4 is 0 Å². The second kappa shape index (κ2) is 5.03. The molecule has 114 valence electrons. The van der Waals surface area contributed by atoms with Gasteiger partial charge in [-0.2, -0.15) is 4.31 Å². The first-order chi connectivity index (χ1) is 9.82. The lowest BCUT2D eigenvalue weighted by Gasteiger charge is -2.23. The number of sulfonamides is 1. The van der Waals surface area contributed by atoms with Crippen LogP contribution in [-0.4, -0.2) is 35.9 Å². The maximum atomic E-state index is 13.4. The number of carboxylic acid groups (broad SMARTS) is 1. The number of carboxylic acids is 1. The molecule has 8 heteroatoms. The van der Waals surface area contributed by atoms with Crippen LogP contribution in [0.5, 0.6) is 0 Å². The van der Waals surface area contributed by atoms with Crippen LogP contribution >= 0.6 is 15.9 Å². The first-order valence-corrected chi connectivity index (χ1v) is 8.77. The van der Waals surface area contributed by atoms with E-state index in [1.165, 1.54) is 16.4 Å². The van der Waals surface area contributed by atoms with E-state index in [0.717, 1.165) is 6.07 Å². The number of carbonyl (C=O) groups is 1. The zero-order valence-electron chi connectivity index (χ0n) is 10.9. The first kappa shape index (κ1) is 14.9. The van der Waals surface area contributed by atoms with Crippen molar-refractivity contribution in [1.29, 1.82) is 0 Å². The number of benzene rings is 1. The van der Waals surface area contributed by atoms with E-state index >= 15 is 0 Å². The predicted molar refractivity (Wildman–Crippen MR) is 75.7 cm³/mol. The number of rotatable bonds is 3. The molecule has 2 saturated heterocycles. The quantitative estimate of drug-likeness (QED) is 0.875. The zero-order valence-corrected chi connectivity index (χ0v) is 13.3. The van der Waals surface area contributed by atoms with Crippen LogP contribution in [0.3, 0.4) is 0 Å². The summed E-state index contributed by atoms with van der Waals surface area (Å²) in [5.41, 5.74) is 0. The number of nitrogens with zero attached hydrogens (tertiary/aromatic N) is 1. The minimum Gasteiger partial charge on any atom is -0.481 e. The van der Waals surface area contributed by atoms with Crippen LogP contribution in [0.25, 0.3) is 0 Å². The van der Waals surface area contributed by atoms with E-state index in [1.54, 1.807) is 0 Å². The van der Waals surface area contributed by atoms with Gasteiger partial charge < -0.3 is 5.11 Å². The highest BCUT2D eigenvalue weighted by molar-refractivity contribution is 9.10. The highest BCUT2D eigenvalue weighted by Gasteiger charge is 2.54. The summed E-state index contributed by atoms with van der Waals surface area (Å²) in [6.07, 6.45) is 1.51. The Hall–Kier alpha value is -0.990. The Morgan fingerprint density at radius 3 is 2.71 bits per heavy atom. The van der Waals surface area contributed by atoms with E-state index in [-0.39, 0.29) is 15.4 Å². The number of halogens is 2. The van der Waals surface area contributed by atoms with Crippen molar-refractivity contribution in [2.75, 3.05) is 0 Å². The second-order valence-electron chi connectivity index (χ2n) is 5.39. The van der Waals surface area contributed by atoms with Gasteiger partial charge in [0.15, 0.2) is 0 Å². The molecule has 1 N–H and O–H groups in total. The maximum Gasteiger partial charge on any atom is 0.308 e. The van der Waals surface area contributed by atoms with Gasteiger partial charge in [-0.05, 0) is 53.4 Å². The van der Waals surface area contributed by atoms with E-state index in [2.05, 4.69) is 15.9 Å². The van der Waals surface area contributed by atoms with Crippen molar-refractivity contribution in [3.8, 4) is 0 Å². The Balaban J connectivity index is 2.04. The number of fused-ring (bicyclic) bond motifs is 2. The molecule has 2 aliphatic heterocycles. The summed E-state index contributed by atoms with van der Waals surface area (Å²) in [6.45, 7) is 0. The molecule has 3 rings (SSSR count). The molecule has 0 radical (unpaired) electrons. The Morgan fingerprint density at radius 1 is 1.38 bits per heavy atom. The largest absolute Gasteiger partial charge is 0.481 e. The van der Waals surface area contributed by atoms with Crippen LogP contribution in [0.4, 0.5) is 4.39 Å². The predicted octanol–water partition coefficient (Wildman–Crippen LogP) is 2.21. The fraction of sp³-hybridized carbons (Fsp3) is 0.462. The smallest absolute Gasteiger partial charge is 0.308 e. The van der Waals surface area contributed by atoms with Gasteiger partial charge in [0.2, 0.25) is 10.0 Å². The van der Waals surface area contributed by atoms with Crippen molar-refractivity contribution in [1.82, 2.24) is 4.31 Å². The lowest BCUT2D eigenvalue weighted by molar-refractivity contribution is -0.142. The Bertz CT molecular complexity index is 708. The maximum absolute atomic E-state index is 13.4. The van der Waals surface area contributed by atoms with Crippen molar-refractivity contribution in [3.05, 3.63) is 28.5 Å². The van der Waals surface area contributed by atoms with Gasteiger partial charge in [-0.3, -0.25) is 4.79 Å². The summed E-state index contributed by atoms with van der Waals surface area (Å²) in [6, 6.07) is 2.63. The van der Waals surface area contributed by atoms with Gasteiger partial charge in [0.1, 0.15) is 5.82 Å². The molecule has 0 amide bonds. The molecule has 2 aliphatic rings. The third-order valence-electron chi connectivity index (χ3n) is 4.24. The van der Waals surface area contributed by atoms with E-state index in [1.807, 2.05) is 0 Å². The standard InChI is InChI=1S/C13H13BrFNO4S/c14-10-3-1-7(15)5-12(10)21(19,20)16-8-2-4-11(16)9(6-8)13(17)18/h1,3,5,8-9,11H,2,4,6H2,(H,17,18). The van der Waals surface area contributed by atoms with Crippen LogP contribution in [0.2, 0.25) is 0 Å². The molecule has 1 aromatic carbocycles. The highest BCUT2D eigenvalue weighted by Crippen LogP contribution is 2.45. The van der Waals surface area contributed by atoms with Gasteiger partial charge in [-0.1, -0.05) is 0 Å². The van der Waals surface area contributed by atoms with E-state index in [0.29, 0.717) is 19.3 Å². The van der Waals surface area contributed by atoms with Crippen molar-refractivity contribution in [2.45, 2.75) is 36.2 Å². The first-order valence-electron chi connectivity index (χ1n) is 6.54. The van der Waals surface area contributed by atoms with E-state index < -0.39 is 33.8 Å². The molecule has 0 aromatic heterocycles. The van der Waals surface area contributed by atoms with E-state index in [9.17, 15) is 22.7 Å². The SMILES string of the molecule is O=C(O)C1CC2CCC1N2S(=O)(=O)c1cc(F)ccc1Br. The van der Waals surface area contributed by atoms with Crippen LogP contribution in [-0.2, 0) is 14.8 Å². The summed E-state index contributed by atoms with van der Waals surface area (Å²) in [5, 5.41) is 9.20. The van der Waals surface area contributed by atoms with Crippen LogP contribution in [0.15, 0.2) is 27.6 Å². The summed E-state index contributed by atoms with van der Waals surface area (Å²) in [4.78, 5) is 11.1. The van der Waals surface area contributed by atoms with Gasteiger partial charge in [0.05, 0.1) is 10.8 Å². The van der Waals surface area contributed by atoms with Crippen molar-refractivity contribution in [2.24, 2.45) is 5.92 Å². The molecule has 3 unspecified atom stereocenters. The normalized spacial score (nSPS) is 29.0. The summed E-state index contributed by atoms with van der Waals surface area (Å²) >= 11 is 3.13. The highest BCUT2D eigenvalue weighted by atomic mass is 79.9. The molecule has 5 nitrogen and oxygen atoms in total. The minimum absolute atomic E-state index is 0.148. The number of aliphatic carboxylic acids is 1. The Morgan fingerprint density at radius 2 is 2.10 bits per heavy atom. The zero-order chi connectivity index (χ0) is 15.4. The molecule has 2 bridgehead atoms. The fourth-order valence-electron chi connectivity index (χ4n) is 3.37. The monoisotopic (exact) mass is 377 g/mol. The third-order valence-corrected chi connectivity index (χ3v) is 7.21. The lowest BCUT2D eigenvalue weighted by Crippen LogP contribution is -2.38. The average molecular weight is 378 g/mol. The van der Waals surface area contributed by atoms with Crippen LogP contribution in [0.1, 0.15) is 19.3 Å². The van der Waals surface area contributed by atoms with Gasteiger partial charge in [-0.15, -0.1) is 0 Å². The Kier molecular flexibility index (Phi) is 3.58.